The molecule has 0 aliphatic heterocycles. The van der Waals surface area contributed by atoms with Crippen LogP contribution in [0.1, 0.15) is 10.4 Å². The van der Waals surface area contributed by atoms with Gasteiger partial charge in [0.05, 0.1) is 27.9 Å². The molecule has 0 aromatic heterocycles. The molecule has 2 aromatic carbocycles. The van der Waals surface area contributed by atoms with E-state index in [0.717, 1.165) is 0 Å². The summed E-state index contributed by atoms with van der Waals surface area (Å²) < 4.78 is 10.0. The van der Waals surface area contributed by atoms with E-state index in [4.69, 9.17) is 55.9 Å². The van der Waals surface area contributed by atoms with E-state index in [1.54, 1.807) is 6.07 Å². The largest absolute Gasteiger partial charge is 0.496 e. The van der Waals surface area contributed by atoms with Gasteiger partial charge < -0.3 is 14.8 Å². The molecule has 0 atom stereocenters. The Morgan fingerprint density at radius 2 is 1.68 bits per heavy atom. The molecule has 2 rings (SSSR count). The van der Waals surface area contributed by atoms with E-state index >= 15 is 0 Å². The second-order valence-corrected chi connectivity index (χ2v) is 6.37. The third-order valence-corrected chi connectivity index (χ3v) is 4.27. The molecule has 5 nitrogen and oxygen atoms in total. The maximum Gasteiger partial charge on any atom is 0.342 e. The summed E-state index contributed by atoms with van der Waals surface area (Å²) in [6.45, 7) is -0.537. The number of halogens is 4. The minimum atomic E-state index is -0.755. The molecule has 0 bridgehead atoms. The van der Waals surface area contributed by atoms with Gasteiger partial charge in [-0.3, -0.25) is 4.79 Å². The second-order valence-electron chi connectivity index (χ2n) is 4.72. The number of hydrogen-bond donors (Lipinski definition) is 1. The summed E-state index contributed by atoms with van der Waals surface area (Å²) in [5, 5.41) is 3.49. The van der Waals surface area contributed by atoms with E-state index in [9.17, 15) is 9.59 Å². The summed E-state index contributed by atoms with van der Waals surface area (Å²) in [4.78, 5) is 24.0. The SMILES string of the molecule is COc1ccc(Cl)cc1C(=O)OCC(=O)Nc1cc(Cl)c(Cl)cc1Cl. The number of ether oxygens (including phenoxy) is 2. The average Bonchev–Trinajstić information content (AvgIpc) is 2.57. The standard InChI is InChI=1S/C16H11Cl4NO4/c1-24-14-3-2-8(17)4-9(14)16(23)25-7-15(22)21-13-6-11(19)10(18)5-12(13)20/h2-6H,7H2,1H3,(H,21,22). The van der Waals surface area contributed by atoms with Gasteiger partial charge in [-0.05, 0) is 30.3 Å². The molecule has 0 radical (unpaired) electrons. The first-order valence-corrected chi connectivity index (χ1v) is 8.28. The van der Waals surface area contributed by atoms with Crippen molar-refractivity contribution in [1.82, 2.24) is 0 Å². The zero-order valence-electron chi connectivity index (χ0n) is 12.7. The molecule has 132 valence electrons. The maximum absolute atomic E-state index is 12.1. The molecule has 0 unspecified atom stereocenters. The van der Waals surface area contributed by atoms with Crippen LogP contribution in [0.5, 0.6) is 5.75 Å². The van der Waals surface area contributed by atoms with E-state index in [2.05, 4.69) is 5.32 Å². The Morgan fingerprint density at radius 1 is 1.00 bits per heavy atom. The lowest BCUT2D eigenvalue weighted by Gasteiger charge is -2.11. The fourth-order valence-corrected chi connectivity index (χ4v) is 2.62. The van der Waals surface area contributed by atoms with Gasteiger partial charge in [0.15, 0.2) is 6.61 Å². The quantitative estimate of drug-likeness (QED) is 0.537. The van der Waals surface area contributed by atoms with Crippen LogP contribution < -0.4 is 10.1 Å². The summed E-state index contributed by atoms with van der Waals surface area (Å²) in [6, 6.07) is 7.26. The molecule has 0 aliphatic rings. The Bertz CT molecular complexity index is 826. The Morgan fingerprint density at radius 3 is 2.36 bits per heavy atom. The number of carbonyl (C=O) groups excluding carboxylic acids is 2. The van der Waals surface area contributed by atoms with Crippen LogP contribution in [0.4, 0.5) is 5.69 Å². The van der Waals surface area contributed by atoms with Crippen molar-refractivity contribution >= 4 is 64.0 Å². The maximum atomic E-state index is 12.1. The highest BCUT2D eigenvalue weighted by molar-refractivity contribution is 6.44. The molecular formula is C16H11Cl4NO4. The topological polar surface area (TPSA) is 64.6 Å². The van der Waals surface area contributed by atoms with E-state index in [1.165, 1.54) is 31.4 Å². The predicted molar refractivity (Wildman–Crippen MR) is 98.4 cm³/mol. The lowest BCUT2D eigenvalue weighted by Crippen LogP contribution is -2.21. The van der Waals surface area contributed by atoms with Crippen LogP contribution >= 0.6 is 46.4 Å². The lowest BCUT2D eigenvalue weighted by molar-refractivity contribution is -0.119. The number of nitrogens with one attached hydrogen (secondary N) is 1. The van der Waals surface area contributed by atoms with Crippen molar-refractivity contribution in [2.75, 3.05) is 19.0 Å². The highest BCUT2D eigenvalue weighted by Crippen LogP contribution is 2.32. The Labute approximate surface area is 163 Å². The number of benzene rings is 2. The lowest BCUT2D eigenvalue weighted by atomic mass is 10.2. The van der Waals surface area contributed by atoms with Crippen molar-refractivity contribution in [3.05, 3.63) is 56.0 Å². The van der Waals surface area contributed by atoms with Crippen LogP contribution in [0.2, 0.25) is 20.1 Å². The van der Waals surface area contributed by atoms with Gasteiger partial charge in [0.2, 0.25) is 0 Å². The molecule has 0 saturated carbocycles. The average molecular weight is 423 g/mol. The van der Waals surface area contributed by atoms with Crippen molar-refractivity contribution in [2.24, 2.45) is 0 Å². The molecule has 0 spiro atoms. The van der Waals surface area contributed by atoms with E-state index < -0.39 is 18.5 Å². The molecular weight excluding hydrogens is 412 g/mol. The number of esters is 1. The van der Waals surface area contributed by atoms with Gasteiger partial charge in [-0.15, -0.1) is 0 Å². The number of rotatable bonds is 5. The zero-order chi connectivity index (χ0) is 18.6. The van der Waals surface area contributed by atoms with Crippen molar-refractivity contribution in [2.45, 2.75) is 0 Å². The fourth-order valence-electron chi connectivity index (χ4n) is 1.85. The molecule has 0 heterocycles. The summed E-state index contributed by atoms with van der Waals surface area (Å²) in [5.41, 5.74) is 0.354. The fraction of sp³-hybridized carbons (Fsp3) is 0.125. The number of amides is 1. The summed E-state index contributed by atoms with van der Waals surface area (Å²) in [5.74, 6) is -1.08. The molecule has 1 N–H and O–H groups in total. The summed E-state index contributed by atoms with van der Waals surface area (Å²) in [6.07, 6.45) is 0. The number of methoxy groups -OCH3 is 1. The monoisotopic (exact) mass is 421 g/mol. The van der Waals surface area contributed by atoms with Crippen LogP contribution in [0.15, 0.2) is 30.3 Å². The van der Waals surface area contributed by atoms with Crippen molar-refractivity contribution in [3.63, 3.8) is 0 Å². The normalized spacial score (nSPS) is 10.3. The molecule has 25 heavy (non-hydrogen) atoms. The first-order chi connectivity index (χ1) is 11.8. The minimum absolute atomic E-state index is 0.107. The molecule has 0 fully saturated rings. The summed E-state index contributed by atoms with van der Waals surface area (Å²) >= 11 is 23.5. The van der Waals surface area contributed by atoms with Gasteiger partial charge in [-0.25, -0.2) is 4.79 Å². The predicted octanol–water partition coefficient (Wildman–Crippen LogP) is 5.10. The van der Waals surface area contributed by atoms with Crippen molar-refractivity contribution < 1.29 is 19.1 Å². The molecule has 0 saturated heterocycles. The van der Waals surface area contributed by atoms with Gasteiger partial charge in [0.25, 0.3) is 5.91 Å². The van der Waals surface area contributed by atoms with E-state index in [-0.39, 0.29) is 32.1 Å². The molecule has 2 aromatic rings. The Kier molecular flexibility index (Phi) is 6.79. The van der Waals surface area contributed by atoms with E-state index in [1.807, 2.05) is 0 Å². The third-order valence-electron chi connectivity index (χ3n) is 3.00. The van der Waals surface area contributed by atoms with Crippen LogP contribution in [-0.4, -0.2) is 25.6 Å². The van der Waals surface area contributed by atoms with Crippen LogP contribution in [-0.2, 0) is 9.53 Å². The van der Waals surface area contributed by atoms with Gasteiger partial charge in [0, 0.05) is 5.02 Å². The van der Waals surface area contributed by atoms with Gasteiger partial charge in [-0.1, -0.05) is 46.4 Å². The van der Waals surface area contributed by atoms with E-state index in [0.29, 0.717) is 5.02 Å². The molecule has 0 aliphatic carbocycles. The summed E-state index contributed by atoms with van der Waals surface area (Å²) in [7, 11) is 1.40. The smallest absolute Gasteiger partial charge is 0.342 e. The van der Waals surface area contributed by atoms with Gasteiger partial charge >= 0.3 is 5.97 Å². The molecule has 1 amide bonds. The number of carbonyl (C=O) groups is 2. The first kappa shape index (κ1) is 19.7. The van der Waals surface area contributed by atoms with Gasteiger partial charge in [-0.2, -0.15) is 0 Å². The zero-order valence-corrected chi connectivity index (χ0v) is 15.8. The van der Waals surface area contributed by atoms with Crippen LogP contribution in [0.25, 0.3) is 0 Å². The Hall–Kier alpha value is -1.66. The number of anilines is 1. The highest BCUT2D eigenvalue weighted by Gasteiger charge is 2.17. The highest BCUT2D eigenvalue weighted by atomic mass is 35.5. The number of hydrogen-bond acceptors (Lipinski definition) is 4. The third kappa shape index (κ3) is 5.16. The van der Waals surface area contributed by atoms with Gasteiger partial charge in [0.1, 0.15) is 11.3 Å². The minimum Gasteiger partial charge on any atom is -0.496 e. The van der Waals surface area contributed by atoms with Crippen LogP contribution in [0.3, 0.4) is 0 Å². The molecule has 9 heteroatoms. The van der Waals surface area contributed by atoms with Crippen molar-refractivity contribution in [3.8, 4) is 5.75 Å². The van der Waals surface area contributed by atoms with Crippen LogP contribution in [0, 0.1) is 0 Å². The first-order valence-electron chi connectivity index (χ1n) is 6.77. The van der Waals surface area contributed by atoms with Crippen molar-refractivity contribution in [1.29, 1.82) is 0 Å². The second kappa shape index (κ2) is 8.63. The Balaban J connectivity index is 2.02.